The van der Waals surface area contributed by atoms with E-state index >= 15 is 0 Å². The van der Waals surface area contributed by atoms with Gasteiger partial charge in [0, 0.05) is 6.54 Å². The first-order valence-corrected chi connectivity index (χ1v) is 9.17. The zero-order valence-corrected chi connectivity index (χ0v) is 15.5. The minimum Gasteiger partial charge on any atom is -0.319 e. The number of benzene rings is 1. The van der Waals surface area contributed by atoms with Gasteiger partial charge in [0.05, 0.1) is 6.54 Å². The van der Waals surface area contributed by atoms with Gasteiger partial charge in [-0.1, -0.05) is 38.8 Å². The van der Waals surface area contributed by atoms with Crippen LogP contribution in [0.1, 0.15) is 50.9 Å². The number of tetrazole rings is 1. The molecule has 1 saturated heterocycles. The van der Waals surface area contributed by atoms with Crippen LogP contribution in [0.3, 0.4) is 0 Å². The lowest BCUT2D eigenvalue weighted by Crippen LogP contribution is -2.44. The van der Waals surface area contributed by atoms with Gasteiger partial charge in [0.15, 0.2) is 5.82 Å². The van der Waals surface area contributed by atoms with Gasteiger partial charge < -0.3 is 5.32 Å². The summed E-state index contributed by atoms with van der Waals surface area (Å²) >= 11 is 0. The molecule has 1 aromatic carbocycles. The fourth-order valence-corrected chi connectivity index (χ4v) is 3.32. The second kappa shape index (κ2) is 7.81. The fourth-order valence-electron chi connectivity index (χ4n) is 3.32. The molecule has 8 nitrogen and oxygen atoms in total. The Bertz CT molecular complexity index is 822. The van der Waals surface area contributed by atoms with Crippen molar-refractivity contribution in [3.05, 3.63) is 41.5 Å². The Kier molecular flexibility index (Phi) is 5.48. The molecule has 27 heavy (non-hydrogen) atoms. The van der Waals surface area contributed by atoms with Crippen molar-refractivity contribution in [1.82, 2.24) is 30.4 Å². The lowest BCUT2D eigenvalue weighted by Gasteiger charge is -2.27. The molecule has 1 aromatic heterocycles. The molecule has 2 aromatic rings. The van der Waals surface area contributed by atoms with Crippen LogP contribution in [0.5, 0.6) is 0 Å². The highest BCUT2D eigenvalue weighted by Crippen LogP contribution is 2.34. The number of nitrogens with zero attached hydrogens (tertiary/aromatic N) is 5. The van der Waals surface area contributed by atoms with Gasteiger partial charge in [-0.2, -0.15) is 0 Å². The average molecular weight is 374 g/mol. The fraction of sp³-hybridized carbons (Fsp3) is 0.500. The van der Waals surface area contributed by atoms with E-state index in [0.29, 0.717) is 24.4 Å². The van der Waals surface area contributed by atoms with Crippen molar-refractivity contribution in [2.75, 3.05) is 0 Å². The van der Waals surface area contributed by atoms with Crippen LogP contribution >= 0.6 is 0 Å². The summed E-state index contributed by atoms with van der Waals surface area (Å²) in [4.78, 5) is 27.1. The molecule has 0 saturated carbocycles. The van der Waals surface area contributed by atoms with Gasteiger partial charge in [-0.05, 0) is 41.0 Å². The maximum Gasteiger partial charge on any atom is 0.325 e. The molecule has 0 aliphatic carbocycles. The molecule has 1 aliphatic rings. The number of amides is 3. The van der Waals surface area contributed by atoms with Crippen LogP contribution in [-0.2, 0) is 23.4 Å². The normalized spacial score (nSPS) is 19.6. The third-order valence-corrected chi connectivity index (χ3v) is 4.76. The Morgan fingerprint density at radius 2 is 1.89 bits per heavy atom. The molecular formula is C18H23FN6O2. The number of urea groups is 1. The number of carbonyl (C=O) groups is 2. The van der Waals surface area contributed by atoms with Crippen molar-refractivity contribution < 1.29 is 14.0 Å². The third kappa shape index (κ3) is 3.54. The van der Waals surface area contributed by atoms with Gasteiger partial charge in [0.1, 0.15) is 11.4 Å². The minimum atomic E-state index is -1.19. The van der Waals surface area contributed by atoms with Gasteiger partial charge in [-0.3, -0.25) is 9.69 Å². The van der Waals surface area contributed by atoms with E-state index in [2.05, 4.69) is 20.8 Å². The monoisotopic (exact) mass is 374 g/mol. The summed E-state index contributed by atoms with van der Waals surface area (Å²) in [6.07, 6.45) is 2.87. The molecule has 0 spiro atoms. The summed E-state index contributed by atoms with van der Waals surface area (Å²) in [5.74, 6) is -0.305. The standard InChI is InChI=1S/C18H23FN6O2/c1-3-5-10-18(13-6-8-14(19)9-7-13)16(26)24(17(27)20-18)12-15-21-22-23-25(15)11-4-2/h6-9H,3-5,10-12H2,1-2H3,(H,20,27). The van der Waals surface area contributed by atoms with Crippen LogP contribution in [0.15, 0.2) is 24.3 Å². The number of nitrogens with one attached hydrogen (secondary N) is 1. The van der Waals surface area contributed by atoms with Crippen molar-refractivity contribution in [3.63, 3.8) is 0 Å². The SMILES string of the molecule is CCCCC1(c2ccc(F)cc2)NC(=O)N(Cc2nnnn2CCC)C1=O. The molecule has 2 heterocycles. The van der Waals surface area contributed by atoms with Crippen molar-refractivity contribution in [3.8, 4) is 0 Å². The summed E-state index contributed by atoms with van der Waals surface area (Å²) < 4.78 is 15.0. The number of carbonyl (C=O) groups excluding carboxylic acids is 2. The molecule has 1 aliphatic heterocycles. The van der Waals surface area contributed by atoms with Crippen LogP contribution in [0.4, 0.5) is 9.18 Å². The van der Waals surface area contributed by atoms with Gasteiger partial charge in [0.2, 0.25) is 0 Å². The Morgan fingerprint density at radius 1 is 1.15 bits per heavy atom. The van der Waals surface area contributed by atoms with Gasteiger partial charge in [-0.25, -0.2) is 13.9 Å². The second-order valence-electron chi connectivity index (χ2n) is 6.66. The van der Waals surface area contributed by atoms with Crippen LogP contribution < -0.4 is 5.32 Å². The molecule has 9 heteroatoms. The summed E-state index contributed by atoms with van der Waals surface area (Å²) in [6.45, 7) is 4.59. The number of unbranched alkanes of at least 4 members (excludes halogenated alkanes) is 1. The Labute approximate surface area is 156 Å². The van der Waals surface area contributed by atoms with E-state index in [1.807, 2.05) is 13.8 Å². The third-order valence-electron chi connectivity index (χ3n) is 4.76. The van der Waals surface area contributed by atoms with Gasteiger partial charge in [-0.15, -0.1) is 5.10 Å². The van der Waals surface area contributed by atoms with E-state index in [0.717, 1.165) is 24.2 Å². The van der Waals surface area contributed by atoms with Crippen LogP contribution in [0.2, 0.25) is 0 Å². The predicted octanol–water partition coefficient (Wildman–Crippen LogP) is 2.36. The lowest BCUT2D eigenvalue weighted by atomic mass is 9.85. The maximum absolute atomic E-state index is 13.4. The number of aryl methyl sites for hydroxylation is 1. The average Bonchev–Trinajstić information content (AvgIpc) is 3.19. The van der Waals surface area contributed by atoms with E-state index < -0.39 is 17.4 Å². The zero-order chi connectivity index (χ0) is 19.4. The Morgan fingerprint density at radius 3 is 2.56 bits per heavy atom. The molecule has 1 N–H and O–H groups in total. The highest BCUT2D eigenvalue weighted by atomic mass is 19.1. The number of hydrogen-bond acceptors (Lipinski definition) is 5. The maximum atomic E-state index is 13.4. The molecule has 0 bridgehead atoms. The summed E-state index contributed by atoms with van der Waals surface area (Å²) in [6, 6.07) is 5.20. The quantitative estimate of drug-likeness (QED) is 0.716. The largest absolute Gasteiger partial charge is 0.325 e. The smallest absolute Gasteiger partial charge is 0.319 e. The highest BCUT2D eigenvalue weighted by molar-refractivity contribution is 6.07. The van der Waals surface area contributed by atoms with E-state index in [4.69, 9.17) is 0 Å². The number of aromatic nitrogens is 4. The predicted molar refractivity (Wildman–Crippen MR) is 94.8 cm³/mol. The van der Waals surface area contributed by atoms with Crippen LogP contribution in [0.25, 0.3) is 0 Å². The molecule has 0 radical (unpaired) electrons. The number of imide groups is 1. The molecule has 1 atom stereocenters. The number of rotatable bonds is 8. The number of halogens is 1. The topological polar surface area (TPSA) is 93.0 Å². The van der Waals surface area contributed by atoms with Crippen molar-refractivity contribution in [2.24, 2.45) is 0 Å². The molecular weight excluding hydrogens is 351 g/mol. The highest BCUT2D eigenvalue weighted by Gasteiger charge is 2.52. The van der Waals surface area contributed by atoms with E-state index in [1.54, 1.807) is 16.8 Å². The second-order valence-corrected chi connectivity index (χ2v) is 6.66. The van der Waals surface area contributed by atoms with E-state index in [1.165, 1.54) is 12.1 Å². The minimum absolute atomic E-state index is 0.00721. The van der Waals surface area contributed by atoms with E-state index in [9.17, 15) is 14.0 Å². The summed E-state index contributed by atoms with van der Waals surface area (Å²) in [5, 5.41) is 14.3. The van der Waals surface area contributed by atoms with Gasteiger partial charge in [0.25, 0.3) is 5.91 Å². The van der Waals surface area contributed by atoms with Gasteiger partial charge >= 0.3 is 6.03 Å². The first-order chi connectivity index (χ1) is 13.0. The molecule has 1 fully saturated rings. The lowest BCUT2D eigenvalue weighted by molar-refractivity contribution is -0.132. The summed E-state index contributed by atoms with van der Waals surface area (Å²) in [7, 11) is 0. The Balaban J connectivity index is 1.92. The number of hydrogen-bond donors (Lipinski definition) is 1. The molecule has 1 unspecified atom stereocenters. The first-order valence-electron chi connectivity index (χ1n) is 9.17. The van der Waals surface area contributed by atoms with E-state index in [-0.39, 0.29) is 12.5 Å². The molecule has 3 amide bonds. The first kappa shape index (κ1) is 18.9. The zero-order valence-electron chi connectivity index (χ0n) is 15.5. The van der Waals surface area contributed by atoms with Crippen LogP contribution in [-0.4, -0.2) is 37.0 Å². The summed E-state index contributed by atoms with van der Waals surface area (Å²) in [5.41, 5.74) is -0.615. The van der Waals surface area contributed by atoms with Crippen molar-refractivity contribution in [2.45, 2.75) is 58.2 Å². The van der Waals surface area contributed by atoms with Crippen molar-refractivity contribution >= 4 is 11.9 Å². The molecule has 3 rings (SSSR count). The Hall–Kier alpha value is -2.84. The van der Waals surface area contributed by atoms with Crippen LogP contribution in [0, 0.1) is 5.82 Å². The molecule has 144 valence electrons. The van der Waals surface area contributed by atoms with Crippen molar-refractivity contribution in [1.29, 1.82) is 0 Å².